The van der Waals surface area contributed by atoms with E-state index in [1.807, 2.05) is 0 Å². The third-order valence-corrected chi connectivity index (χ3v) is 5.03. The molecule has 2 heterocycles. The Morgan fingerprint density at radius 1 is 1.09 bits per heavy atom. The van der Waals surface area contributed by atoms with Crippen LogP contribution < -0.4 is 0 Å². The highest BCUT2D eigenvalue weighted by atomic mass is 16.5. The summed E-state index contributed by atoms with van der Waals surface area (Å²) < 4.78 is 5.48. The maximum atomic E-state index is 12.3. The number of aromatic carboxylic acids is 1. The van der Waals surface area contributed by atoms with Gasteiger partial charge in [-0.1, -0.05) is 18.6 Å². The topological polar surface area (TPSA) is 66.8 Å². The Balaban J connectivity index is 1.64. The van der Waals surface area contributed by atoms with E-state index in [2.05, 4.69) is 4.90 Å². The van der Waals surface area contributed by atoms with Gasteiger partial charge in [0, 0.05) is 12.0 Å². The molecule has 2 atom stereocenters. The van der Waals surface area contributed by atoms with Crippen LogP contribution >= 0.6 is 0 Å². The molecular formula is C18H23NO4. The third kappa shape index (κ3) is 3.55. The standard InChI is InChI=1S/C18H23NO4/c20-17(21)14-7-1-2-8-15(14)18(22)23-12-13-6-5-11-19-10-4-3-9-16(13)19/h1-2,7-8,13,16H,3-6,9-12H2,(H,20,21)/t13-,16?/m0/s1. The lowest BCUT2D eigenvalue weighted by atomic mass is 9.84. The molecule has 0 amide bonds. The van der Waals surface area contributed by atoms with Gasteiger partial charge in [0.25, 0.3) is 0 Å². The fraction of sp³-hybridized carbons (Fsp3) is 0.556. The number of benzene rings is 1. The summed E-state index contributed by atoms with van der Waals surface area (Å²) in [5.74, 6) is -1.27. The molecule has 3 rings (SSSR count). The second kappa shape index (κ2) is 7.13. The average Bonchev–Trinajstić information content (AvgIpc) is 2.59. The summed E-state index contributed by atoms with van der Waals surface area (Å²) in [6, 6.07) is 6.73. The number of fused-ring (bicyclic) bond motifs is 1. The number of piperidine rings is 2. The Morgan fingerprint density at radius 3 is 2.61 bits per heavy atom. The molecule has 2 aliphatic heterocycles. The minimum absolute atomic E-state index is 0.000405. The molecule has 1 unspecified atom stereocenters. The minimum Gasteiger partial charge on any atom is -0.478 e. The van der Waals surface area contributed by atoms with Gasteiger partial charge in [-0.15, -0.1) is 0 Å². The smallest absolute Gasteiger partial charge is 0.339 e. The van der Waals surface area contributed by atoms with Crippen molar-refractivity contribution < 1.29 is 19.4 Å². The van der Waals surface area contributed by atoms with Crippen LogP contribution in [0.25, 0.3) is 0 Å². The van der Waals surface area contributed by atoms with Gasteiger partial charge < -0.3 is 9.84 Å². The molecule has 2 aliphatic rings. The van der Waals surface area contributed by atoms with E-state index < -0.39 is 11.9 Å². The SMILES string of the molecule is O=C(O)c1ccccc1C(=O)OC[C@@H]1CCCN2CCCCC12. The van der Waals surface area contributed by atoms with E-state index in [-0.39, 0.29) is 11.1 Å². The van der Waals surface area contributed by atoms with Crippen molar-refractivity contribution in [2.45, 2.75) is 38.1 Å². The first-order valence-corrected chi connectivity index (χ1v) is 8.40. The number of ether oxygens (including phenoxy) is 1. The van der Waals surface area contributed by atoms with Crippen LogP contribution in [0.4, 0.5) is 0 Å². The first-order valence-electron chi connectivity index (χ1n) is 8.40. The van der Waals surface area contributed by atoms with Crippen LogP contribution in [0.3, 0.4) is 0 Å². The van der Waals surface area contributed by atoms with E-state index in [9.17, 15) is 14.7 Å². The highest BCUT2D eigenvalue weighted by Crippen LogP contribution is 2.31. The van der Waals surface area contributed by atoms with Crippen LogP contribution in [0.15, 0.2) is 24.3 Å². The molecule has 23 heavy (non-hydrogen) atoms. The van der Waals surface area contributed by atoms with Crippen LogP contribution in [0, 0.1) is 5.92 Å². The Bertz CT molecular complexity index is 584. The van der Waals surface area contributed by atoms with Gasteiger partial charge in [-0.25, -0.2) is 9.59 Å². The second-order valence-corrected chi connectivity index (χ2v) is 6.45. The molecule has 5 nitrogen and oxygen atoms in total. The van der Waals surface area contributed by atoms with E-state index in [1.54, 1.807) is 12.1 Å². The van der Waals surface area contributed by atoms with Crippen molar-refractivity contribution in [3.63, 3.8) is 0 Å². The lowest BCUT2D eigenvalue weighted by Gasteiger charge is -2.44. The fourth-order valence-electron chi connectivity index (χ4n) is 3.88. The molecular weight excluding hydrogens is 294 g/mol. The molecule has 0 aromatic heterocycles. The summed E-state index contributed by atoms with van der Waals surface area (Å²) >= 11 is 0. The van der Waals surface area contributed by atoms with Gasteiger partial charge in [0.05, 0.1) is 17.7 Å². The zero-order chi connectivity index (χ0) is 16.2. The fourth-order valence-corrected chi connectivity index (χ4v) is 3.88. The molecule has 1 aromatic rings. The number of hydrogen-bond acceptors (Lipinski definition) is 4. The van der Waals surface area contributed by atoms with Crippen molar-refractivity contribution in [2.75, 3.05) is 19.7 Å². The molecule has 0 spiro atoms. The summed E-state index contributed by atoms with van der Waals surface area (Å²) in [5, 5.41) is 9.17. The lowest BCUT2D eigenvalue weighted by molar-refractivity contribution is 0.00720. The van der Waals surface area contributed by atoms with Gasteiger partial charge in [-0.3, -0.25) is 4.90 Å². The summed E-state index contributed by atoms with van der Waals surface area (Å²) in [6.07, 6.45) is 5.90. The third-order valence-electron chi connectivity index (χ3n) is 5.03. The molecule has 124 valence electrons. The minimum atomic E-state index is -1.10. The molecule has 1 aromatic carbocycles. The Kier molecular flexibility index (Phi) is 4.96. The Morgan fingerprint density at radius 2 is 1.83 bits per heavy atom. The summed E-state index contributed by atoms with van der Waals surface area (Å²) in [6.45, 7) is 2.68. The van der Waals surface area contributed by atoms with Crippen LogP contribution in [0.5, 0.6) is 0 Å². The molecule has 0 bridgehead atoms. The molecule has 5 heteroatoms. The second-order valence-electron chi connectivity index (χ2n) is 6.45. The first-order chi connectivity index (χ1) is 11.2. The molecule has 0 aliphatic carbocycles. The van der Waals surface area contributed by atoms with Gasteiger partial charge in [0.15, 0.2) is 0 Å². The van der Waals surface area contributed by atoms with Gasteiger partial charge in [0.2, 0.25) is 0 Å². The van der Waals surface area contributed by atoms with Crippen LogP contribution in [-0.4, -0.2) is 47.7 Å². The number of hydrogen-bond donors (Lipinski definition) is 1. The van der Waals surface area contributed by atoms with Gasteiger partial charge in [-0.05, 0) is 50.9 Å². The predicted molar refractivity (Wildman–Crippen MR) is 85.6 cm³/mol. The van der Waals surface area contributed by atoms with Crippen LogP contribution in [0.1, 0.15) is 52.8 Å². The number of carboxylic acids is 1. The predicted octanol–water partition coefficient (Wildman–Crippen LogP) is 2.81. The molecule has 1 N–H and O–H groups in total. The van der Waals surface area contributed by atoms with E-state index in [0.717, 1.165) is 25.9 Å². The largest absolute Gasteiger partial charge is 0.478 e. The quantitative estimate of drug-likeness (QED) is 0.865. The number of carbonyl (C=O) groups is 2. The van der Waals surface area contributed by atoms with Gasteiger partial charge >= 0.3 is 11.9 Å². The van der Waals surface area contributed by atoms with E-state index in [4.69, 9.17) is 4.74 Å². The summed E-state index contributed by atoms with van der Waals surface area (Å²) in [5.41, 5.74) is 0.136. The van der Waals surface area contributed by atoms with Crippen LogP contribution in [0.2, 0.25) is 0 Å². The Labute approximate surface area is 136 Å². The number of nitrogens with zero attached hydrogens (tertiary/aromatic N) is 1. The zero-order valence-electron chi connectivity index (χ0n) is 13.2. The molecule has 0 saturated carbocycles. The number of esters is 1. The highest BCUT2D eigenvalue weighted by molar-refractivity contribution is 6.02. The maximum absolute atomic E-state index is 12.3. The zero-order valence-corrected chi connectivity index (χ0v) is 13.2. The van der Waals surface area contributed by atoms with Crippen molar-refractivity contribution >= 4 is 11.9 Å². The lowest BCUT2D eigenvalue weighted by Crippen LogP contribution is -2.49. The monoisotopic (exact) mass is 317 g/mol. The van der Waals surface area contributed by atoms with Gasteiger partial charge in [-0.2, -0.15) is 0 Å². The van der Waals surface area contributed by atoms with Crippen molar-refractivity contribution in [1.29, 1.82) is 0 Å². The van der Waals surface area contributed by atoms with Gasteiger partial charge in [0.1, 0.15) is 0 Å². The maximum Gasteiger partial charge on any atom is 0.339 e. The summed E-state index contributed by atoms with van der Waals surface area (Å²) in [4.78, 5) is 26.0. The normalized spacial score (nSPS) is 24.7. The highest BCUT2D eigenvalue weighted by Gasteiger charge is 2.33. The van der Waals surface area contributed by atoms with E-state index >= 15 is 0 Å². The summed E-state index contributed by atoms with van der Waals surface area (Å²) in [7, 11) is 0. The van der Waals surface area contributed by atoms with Crippen molar-refractivity contribution in [2.24, 2.45) is 5.92 Å². The number of carbonyl (C=O) groups excluding carboxylic acids is 1. The molecule has 2 fully saturated rings. The average molecular weight is 317 g/mol. The number of rotatable bonds is 4. The van der Waals surface area contributed by atoms with E-state index in [0.29, 0.717) is 18.6 Å². The molecule has 0 radical (unpaired) electrons. The van der Waals surface area contributed by atoms with Crippen molar-refractivity contribution in [1.82, 2.24) is 4.90 Å². The van der Waals surface area contributed by atoms with E-state index in [1.165, 1.54) is 31.4 Å². The first kappa shape index (κ1) is 16.0. The van der Waals surface area contributed by atoms with Crippen molar-refractivity contribution in [3.05, 3.63) is 35.4 Å². The van der Waals surface area contributed by atoms with Crippen LogP contribution in [-0.2, 0) is 4.74 Å². The molecule has 2 saturated heterocycles. The number of carboxylic acid groups (broad SMARTS) is 1. The van der Waals surface area contributed by atoms with Crippen molar-refractivity contribution in [3.8, 4) is 0 Å². The Hall–Kier alpha value is -1.88.